The average Bonchev–Trinajstić information content (AvgIpc) is 2.98. The molecule has 0 amide bonds. The monoisotopic (exact) mass is 309 g/mol. The Labute approximate surface area is 128 Å². The summed E-state index contributed by atoms with van der Waals surface area (Å²) in [4.78, 5) is 0.986. The average molecular weight is 309 g/mol. The van der Waals surface area contributed by atoms with E-state index < -0.39 is 0 Å². The van der Waals surface area contributed by atoms with Crippen LogP contribution >= 0.6 is 23.1 Å². The third-order valence-electron chi connectivity index (χ3n) is 3.23. The Balaban J connectivity index is 2.01. The van der Waals surface area contributed by atoms with Gasteiger partial charge in [-0.2, -0.15) is 11.8 Å². The van der Waals surface area contributed by atoms with Crippen LogP contribution in [0.4, 0.5) is 4.39 Å². The number of nitrogens with one attached hydrogen (secondary N) is 1. The minimum atomic E-state index is -0.147. The van der Waals surface area contributed by atoms with Crippen molar-refractivity contribution in [3.05, 3.63) is 47.1 Å². The molecule has 0 aliphatic rings. The Morgan fingerprint density at radius 1 is 1.35 bits per heavy atom. The van der Waals surface area contributed by atoms with Crippen LogP contribution in [-0.2, 0) is 6.54 Å². The molecule has 0 radical (unpaired) electrons. The van der Waals surface area contributed by atoms with Gasteiger partial charge in [-0.1, -0.05) is 12.1 Å². The molecule has 1 atom stereocenters. The first kappa shape index (κ1) is 15.5. The van der Waals surface area contributed by atoms with Crippen molar-refractivity contribution in [3.8, 4) is 10.4 Å². The molecule has 0 aliphatic heterocycles. The number of halogens is 1. The summed E-state index contributed by atoms with van der Waals surface area (Å²) in [5, 5.41) is 5.47. The lowest BCUT2D eigenvalue weighted by molar-refractivity contribution is 0.537. The summed E-state index contributed by atoms with van der Waals surface area (Å²) in [7, 11) is 0. The summed E-state index contributed by atoms with van der Waals surface area (Å²) in [6.07, 6.45) is 3.28. The first-order valence-electron chi connectivity index (χ1n) is 6.75. The number of benzene rings is 1. The molecule has 1 aromatic heterocycles. The molecule has 20 heavy (non-hydrogen) atoms. The van der Waals surface area contributed by atoms with E-state index in [9.17, 15) is 4.39 Å². The number of thioether (sulfide) groups is 1. The molecule has 4 heteroatoms. The Morgan fingerprint density at radius 3 is 2.90 bits per heavy atom. The molecular weight excluding hydrogens is 289 g/mol. The Bertz CT molecular complexity index is 525. The van der Waals surface area contributed by atoms with Gasteiger partial charge in [0.1, 0.15) is 5.82 Å². The third kappa shape index (κ3) is 4.33. The molecule has 1 nitrogen and oxygen atoms in total. The van der Waals surface area contributed by atoms with Crippen molar-refractivity contribution in [2.75, 3.05) is 12.0 Å². The minimum absolute atomic E-state index is 0.147. The van der Waals surface area contributed by atoms with E-state index in [2.05, 4.69) is 18.5 Å². The maximum Gasteiger partial charge on any atom is 0.131 e. The summed E-state index contributed by atoms with van der Waals surface area (Å²) in [5.41, 5.74) is 1.84. The van der Waals surface area contributed by atoms with Crippen molar-refractivity contribution < 1.29 is 4.39 Å². The highest BCUT2D eigenvalue weighted by Gasteiger charge is 2.08. The zero-order chi connectivity index (χ0) is 14.4. The van der Waals surface area contributed by atoms with E-state index >= 15 is 0 Å². The lowest BCUT2D eigenvalue weighted by Gasteiger charge is -2.13. The van der Waals surface area contributed by atoms with Gasteiger partial charge in [0, 0.05) is 23.0 Å². The molecule has 108 valence electrons. The van der Waals surface area contributed by atoms with Crippen molar-refractivity contribution >= 4 is 23.1 Å². The molecule has 0 fully saturated rings. The fourth-order valence-corrected chi connectivity index (χ4v) is 3.33. The first-order chi connectivity index (χ1) is 9.70. The second-order valence-corrected chi connectivity index (χ2v) is 6.79. The van der Waals surface area contributed by atoms with Crippen LogP contribution in [0.2, 0.25) is 0 Å². The highest BCUT2D eigenvalue weighted by atomic mass is 32.2. The number of thiophene rings is 1. The number of hydrogen-bond donors (Lipinski definition) is 1. The molecule has 2 aromatic rings. The molecular formula is C16H20FNS2. The van der Waals surface area contributed by atoms with Crippen molar-refractivity contribution in [1.29, 1.82) is 0 Å². The van der Waals surface area contributed by atoms with Crippen molar-refractivity contribution in [3.63, 3.8) is 0 Å². The van der Waals surface area contributed by atoms with Crippen molar-refractivity contribution in [1.82, 2.24) is 5.32 Å². The predicted octanol–water partition coefficient (Wildman–Crippen LogP) is 4.79. The summed E-state index contributed by atoms with van der Waals surface area (Å²) in [5.74, 6) is 1.02. The van der Waals surface area contributed by atoms with Gasteiger partial charge in [-0.05, 0) is 54.5 Å². The second-order valence-electron chi connectivity index (χ2n) is 4.85. The molecule has 1 unspecified atom stereocenters. The standard InChI is InChI=1S/C16H20FNS2/c1-12(7-9-19-2)18-11-13-5-6-15(17)14(10-13)16-4-3-8-20-16/h3-6,8,10,12,18H,7,9,11H2,1-2H3. The van der Waals surface area contributed by atoms with Crippen LogP contribution in [0.5, 0.6) is 0 Å². The fourth-order valence-electron chi connectivity index (χ4n) is 1.99. The summed E-state index contributed by atoms with van der Waals surface area (Å²) in [6, 6.07) is 9.78. The minimum Gasteiger partial charge on any atom is -0.310 e. The maximum atomic E-state index is 13.9. The number of rotatable bonds is 7. The van der Waals surface area contributed by atoms with E-state index in [0.29, 0.717) is 11.6 Å². The summed E-state index contributed by atoms with van der Waals surface area (Å²) < 4.78 is 13.9. The number of hydrogen-bond acceptors (Lipinski definition) is 3. The predicted molar refractivity (Wildman–Crippen MR) is 89.0 cm³/mol. The van der Waals surface area contributed by atoms with Crippen LogP contribution < -0.4 is 5.32 Å². The Morgan fingerprint density at radius 2 is 2.20 bits per heavy atom. The van der Waals surface area contributed by atoms with Gasteiger partial charge in [-0.3, -0.25) is 0 Å². The normalized spacial score (nSPS) is 12.6. The molecule has 0 saturated carbocycles. The molecule has 0 aliphatic carbocycles. The highest BCUT2D eigenvalue weighted by molar-refractivity contribution is 7.98. The van der Waals surface area contributed by atoms with Gasteiger partial charge < -0.3 is 5.32 Å². The molecule has 1 aromatic carbocycles. The van der Waals surface area contributed by atoms with E-state index in [0.717, 1.165) is 29.2 Å². The summed E-state index contributed by atoms with van der Waals surface area (Å²) >= 11 is 3.44. The molecule has 2 rings (SSSR count). The maximum absolute atomic E-state index is 13.9. The zero-order valence-corrected chi connectivity index (χ0v) is 13.5. The van der Waals surface area contributed by atoms with Crippen LogP contribution in [0.25, 0.3) is 10.4 Å². The molecule has 0 bridgehead atoms. The largest absolute Gasteiger partial charge is 0.310 e. The topological polar surface area (TPSA) is 12.0 Å². The molecule has 0 saturated heterocycles. The summed E-state index contributed by atoms with van der Waals surface area (Å²) in [6.45, 7) is 2.98. The fraction of sp³-hybridized carbons (Fsp3) is 0.375. The first-order valence-corrected chi connectivity index (χ1v) is 9.02. The van der Waals surface area contributed by atoms with E-state index in [1.807, 2.05) is 41.4 Å². The van der Waals surface area contributed by atoms with Crippen LogP contribution in [0.15, 0.2) is 35.7 Å². The van der Waals surface area contributed by atoms with E-state index in [1.54, 1.807) is 17.4 Å². The van der Waals surface area contributed by atoms with Crippen LogP contribution in [0.3, 0.4) is 0 Å². The van der Waals surface area contributed by atoms with Crippen LogP contribution in [-0.4, -0.2) is 18.1 Å². The van der Waals surface area contributed by atoms with Gasteiger partial charge in [-0.15, -0.1) is 11.3 Å². The Kier molecular flexibility index (Phi) is 6.07. The van der Waals surface area contributed by atoms with E-state index in [-0.39, 0.29) is 5.82 Å². The molecule has 1 N–H and O–H groups in total. The van der Waals surface area contributed by atoms with Gasteiger partial charge in [0.25, 0.3) is 0 Å². The van der Waals surface area contributed by atoms with Crippen molar-refractivity contribution in [2.45, 2.75) is 25.9 Å². The molecule has 1 heterocycles. The van der Waals surface area contributed by atoms with Gasteiger partial charge >= 0.3 is 0 Å². The van der Waals surface area contributed by atoms with E-state index in [1.165, 1.54) is 0 Å². The van der Waals surface area contributed by atoms with Crippen LogP contribution in [0.1, 0.15) is 18.9 Å². The zero-order valence-electron chi connectivity index (χ0n) is 11.9. The smallest absolute Gasteiger partial charge is 0.131 e. The van der Waals surface area contributed by atoms with Gasteiger partial charge in [-0.25, -0.2) is 4.39 Å². The second kappa shape index (κ2) is 7.81. The lowest BCUT2D eigenvalue weighted by atomic mass is 10.1. The third-order valence-corrected chi connectivity index (χ3v) is 4.77. The Hall–Kier alpha value is -0.840. The van der Waals surface area contributed by atoms with Crippen molar-refractivity contribution in [2.24, 2.45) is 0 Å². The van der Waals surface area contributed by atoms with E-state index in [4.69, 9.17) is 0 Å². The van der Waals surface area contributed by atoms with Gasteiger partial charge in [0.15, 0.2) is 0 Å². The quantitative estimate of drug-likeness (QED) is 0.789. The van der Waals surface area contributed by atoms with Gasteiger partial charge in [0.2, 0.25) is 0 Å². The van der Waals surface area contributed by atoms with Gasteiger partial charge in [0.05, 0.1) is 0 Å². The SMILES string of the molecule is CSCCC(C)NCc1ccc(F)c(-c2cccs2)c1. The highest BCUT2D eigenvalue weighted by Crippen LogP contribution is 2.28. The van der Waals surface area contributed by atoms with Crippen LogP contribution in [0, 0.1) is 5.82 Å². The molecule has 0 spiro atoms. The lowest BCUT2D eigenvalue weighted by Crippen LogP contribution is -2.26.